The summed E-state index contributed by atoms with van der Waals surface area (Å²) in [4.78, 5) is 35.7. The summed E-state index contributed by atoms with van der Waals surface area (Å²) < 4.78 is 0. The molecule has 0 fully saturated rings. The first kappa shape index (κ1) is 12.9. The predicted octanol–water partition coefficient (Wildman–Crippen LogP) is 1.57. The summed E-state index contributed by atoms with van der Waals surface area (Å²) in [5.74, 6) is -3.41. The van der Waals surface area contributed by atoms with Crippen LogP contribution in [0.25, 0.3) is 0 Å². The summed E-state index contributed by atoms with van der Waals surface area (Å²) in [6.45, 7) is 0. The number of phenols is 2. The minimum absolute atomic E-state index is 0.00148. The van der Waals surface area contributed by atoms with Crippen LogP contribution in [0.4, 0.5) is 0 Å². The maximum Gasteiger partial charge on any atom is 0.335 e. The lowest BCUT2D eigenvalue weighted by atomic mass is 9.82. The van der Waals surface area contributed by atoms with E-state index in [0.29, 0.717) is 0 Å². The highest BCUT2D eigenvalue weighted by molar-refractivity contribution is 6.30. The molecule has 2 aromatic rings. The number of hydrogen-bond donors (Lipinski definition) is 3. The number of carbonyl (C=O) groups excluding carboxylic acids is 2. The van der Waals surface area contributed by atoms with Crippen molar-refractivity contribution in [3.63, 3.8) is 0 Å². The van der Waals surface area contributed by atoms with Gasteiger partial charge in [-0.25, -0.2) is 4.79 Å². The lowest BCUT2D eigenvalue weighted by Crippen LogP contribution is -2.21. The molecule has 0 amide bonds. The van der Waals surface area contributed by atoms with Gasteiger partial charge in [0.2, 0.25) is 0 Å². The summed E-state index contributed by atoms with van der Waals surface area (Å²) in [6.07, 6.45) is 0. The van der Waals surface area contributed by atoms with Crippen molar-refractivity contribution in [1.82, 2.24) is 0 Å². The minimum atomic E-state index is -1.23. The molecule has 0 saturated carbocycles. The van der Waals surface area contributed by atoms with E-state index in [0.717, 1.165) is 18.2 Å². The molecule has 2 aromatic carbocycles. The Hall–Kier alpha value is -3.15. The van der Waals surface area contributed by atoms with Gasteiger partial charge in [-0.1, -0.05) is 0 Å². The van der Waals surface area contributed by atoms with Gasteiger partial charge in [-0.3, -0.25) is 9.59 Å². The van der Waals surface area contributed by atoms with E-state index >= 15 is 0 Å². The molecular formula is C15H8O6. The summed E-state index contributed by atoms with van der Waals surface area (Å²) in [5.41, 5.74) is -0.824. The molecule has 6 nitrogen and oxygen atoms in total. The number of aromatic hydroxyl groups is 2. The Kier molecular flexibility index (Phi) is 2.56. The van der Waals surface area contributed by atoms with Gasteiger partial charge in [-0.05, 0) is 30.3 Å². The molecule has 3 rings (SSSR count). The molecular weight excluding hydrogens is 276 g/mol. The second-order valence-corrected chi connectivity index (χ2v) is 4.58. The third kappa shape index (κ3) is 1.69. The Morgan fingerprint density at radius 2 is 1.33 bits per heavy atom. The van der Waals surface area contributed by atoms with Gasteiger partial charge in [-0.15, -0.1) is 0 Å². The molecule has 0 bridgehead atoms. The summed E-state index contributed by atoms with van der Waals surface area (Å²) >= 11 is 0. The third-order valence-electron chi connectivity index (χ3n) is 3.37. The van der Waals surface area contributed by atoms with Crippen LogP contribution in [0, 0.1) is 0 Å². The van der Waals surface area contributed by atoms with Gasteiger partial charge in [0.15, 0.2) is 11.6 Å². The number of rotatable bonds is 1. The molecule has 0 spiro atoms. The Morgan fingerprint density at radius 3 is 1.86 bits per heavy atom. The largest absolute Gasteiger partial charge is 0.507 e. The molecule has 0 aliphatic heterocycles. The highest BCUT2D eigenvalue weighted by Gasteiger charge is 2.34. The number of carbonyl (C=O) groups is 3. The van der Waals surface area contributed by atoms with E-state index < -0.39 is 29.0 Å². The van der Waals surface area contributed by atoms with E-state index in [1.165, 1.54) is 12.1 Å². The van der Waals surface area contributed by atoms with Crippen molar-refractivity contribution in [2.24, 2.45) is 0 Å². The van der Waals surface area contributed by atoms with Crippen molar-refractivity contribution in [3.05, 3.63) is 58.1 Å². The molecule has 0 atom stereocenters. The van der Waals surface area contributed by atoms with Crippen LogP contribution >= 0.6 is 0 Å². The first-order chi connectivity index (χ1) is 9.91. The van der Waals surface area contributed by atoms with Crippen molar-refractivity contribution in [1.29, 1.82) is 0 Å². The normalized spacial score (nSPS) is 12.8. The highest BCUT2D eigenvalue weighted by Crippen LogP contribution is 2.37. The van der Waals surface area contributed by atoms with E-state index in [1.54, 1.807) is 0 Å². The van der Waals surface area contributed by atoms with Gasteiger partial charge in [0.05, 0.1) is 16.7 Å². The molecule has 3 N–H and O–H groups in total. The molecule has 0 unspecified atom stereocenters. The molecule has 6 heteroatoms. The fraction of sp³-hybridized carbons (Fsp3) is 0. The van der Waals surface area contributed by atoms with Crippen LogP contribution < -0.4 is 0 Å². The Balaban J connectivity index is 2.33. The Labute approximate surface area is 117 Å². The number of ketones is 2. The van der Waals surface area contributed by atoms with E-state index in [1.807, 2.05) is 0 Å². The van der Waals surface area contributed by atoms with Crippen LogP contribution in [0.1, 0.15) is 42.2 Å². The fourth-order valence-electron chi connectivity index (χ4n) is 2.37. The average Bonchev–Trinajstić information content (AvgIpc) is 2.46. The Morgan fingerprint density at radius 1 is 0.810 bits per heavy atom. The van der Waals surface area contributed by atoms with Gasteiger partial charge < -0.3 is 15.3 Å². The van der Waals surface area contributed by atoms with Crippen LogP contribution in [-0.2, 0) is 0 Å². The van der Waals surface area contributed by atoms with Crippen LogP contribution in [0.2, 0.25) is 0 Å². The van der Waals surface area contributed by atoms with Crippen LogP contribution in [0.15, 0.2) is 30.3 Å². The van der Waals surface area contributed by atoms with Gasteiger partial charge in [0.25, 0.3) is 0 Å². The number of hydrogen-bond acceptors (Lipinski definition) is 5. The van der Waals surface area contributed by atoms with Gasteiger partial charge >= 0.3 is 5.97 Å². The molecule has 0 radical (unpaired) electrons. The van der Waals surface area contributed by atoms with Gasteiger partial charge in [-0.2, -0.15) is 0 Å². The number of benzene rings is 2. The maximum atomic E-state index is 12.4. The highest BCUT2D eigenvalue weighted by atomic mass is 16.4. The first-order valence-corrected chi connectivity index (χ1v) is 5.93. The molecule has 104 valence electrons. The van der Waals surface area contributed by atoms with Crippen molar-refractivity contribution >= 4 is 17.5 Å². The summed E-state index contributed by atoms with van der Waals surface area (Å²) in [6, 6.07) is 5.74. The maximum absolute atomic E-state index is 12.4. The number of fused-ring (bicyclic) bond motifs is 2. The monoisotopic (exact) mass is 284 g/mol. The number of aromatic carboxylic acids is 1. The average molecular weight is 284 g/mol. The van der Waals surface area contributed by atoms with Gasteiger partial charge in [0.1, 0.15) is 11.5 Å². The number of carboxylic acids is 1. The van der Waals surface area contributed by atoms with Crippen molar-refractivity contribution in [3.8, 4) is 11.5 Å². The predicted molar refractivity (Wildman–Crippen MR) is 70.0 cm³/mol. The minimum Gasteiger partial charge on any atom is -0.507 e. The zero-order valence-corrected chi connectivity index (χ0v) is 10.5. The van der Waals surface area contributed by atoms with E-state index in [2.05, 4.69) is 0 Å². The summed E-state index contributed by atoms with van der Waals surface area (Å²) in [5, 5.41) is 28.5. The zero-order valence-electron chi connectivity index (χ0n) is 10.5. The third-order valence-corrected chi connectivity index (χ3v) is 3.37. The second kappa shape index (κ2) is 4.17. The van der Waals surface area contributed by atoms with Crippen LogP contribution in [0.3, 0.4) is 0 Å². The topological polar surface area (TPSA) is 112 Å². The quantitative estimate of drug-likeness (QED) is 0.585. The second-order valence-electron chi connectivity index (χ2n) is 4.58. The van der Waals surface area contributed by atoms with Crippen molar-refractivity contribution in [2.75, 3.05) is 0 Å². The first-order valence-electron chi connectivity index (χ1n) is 5.93. The van der Waals surface area contributed by atoms with E-state index in [9.17, 15) is 24.6 Å². The van der Waals surface area contributed by atoms with E-state index in [-0.39, 0.29) is 27.8 Å². The number of phenolic OH excluding ortho intramolecular Hbond substituents is 2. The lowest BCUT2D eigenvalue weighted by Gasteiger charge is -2.19. The molecule has 1 aliphatic carbocycles. The van der Waals surface area contributed by atoms with Gasteiger partial charge in [0, 0.05) is 11.1 Å². The molecule has 0 heterocycles. The van der Waals surface area contributed by atoms with Crippen LogP contribution in [-0.4, -0.2) is 32.9 Å². The fourth-order valence-corrected chi connectivity index (χ4v) is 2.37. The van der Waals surface area contributed by atoms with Crippen LogP contribution in [0.5, 0.6) is 11.5 Å². The molecule has 0 saturated heterocycles. The molecule has 1 aliphatic rings. The smallest absolute Gasteiger partial charge is 0.335 e. The standard InChI is InChI=1S/C15H8O6/c16-9-3-4-10(17)12-11(9)13(18)7-2-1-6(15(20)21)5-8(7)14(12)19/h1-5,16-17H,(H,20,21). The van der Waals surface area contributed by atoms with Crippen molar-refractivity contribution < 1.29 is 29.7 Å². The lowest BCUT2D eigenvalue weighted by molar-refractivity contribution is 0.0696. The Bertz CT molecular complexity index is 834. The zero-order chi connectivity index (χ0) is 15.3. The summed E-state index contributed by atoms with van der Waals surface area (Å²) in [7, 11) is 0. The van der Waals surface area contributed by atoms with E-state index in [4.69, 9.17) is 5.11 Å². The van der Waals surface area contributed by atoms with Crippen molar-refractivity contribution in [2.45, 2.75) is 0 Å². The molecule has 21 heavy (non-hydrogen) atoms. The number of carboxylic acid groups (broad SMARTS) is 1. The molecule has 0 aromatic heterocycles. The SMILES string of the molecule is O=C(O)c1ccc2c(c1)C(=O)c1c(O)ccc(O)c1C2=O.